The first-order chi connectivity index (χ1) is 9.74. The lowest BCUT2D eigenvalue weighted by molar-refractivity contribution is 0.474. The van der Waals surface area contributed by atoms with Crippen LogP contribution in [0.1, 0.15) is 5.56 Å². The van der Waals surface area contributed by atoms with Gasteiger partial charge in [0.2, 0.25) is 0 Å². The van der Waals surface area contributed by atoms with Crippen molar-refractivity contribution in [1.29, 1.82) is 0 Å². The van der Waals surface area contributed by atoms with E-state index in [-0.39, 0.29) is 5.75 Å². The highest BCUT2D eigenvalue weighted by molar-refractivity contribution is 9.10. The third-order valence-corrected chi connectivity index (χ3v) is 3.59. The average molecular weight is 326 g/mol. The molecule has 3 heteroatoms. The average Bonchev–Trinajstić information content (AvgIpc) is 2.48. The van der Waals surface area contributed by atoms with Gasteiger partial charge in [0.25, 0.3) is 0 Å². The van der Waals surface area contributed by atoms with Crippen molar-refractivity contribution in [2.24, 2.45) is 4.99 Å². The number of halogens is 1. The topological polar surface area (TPSA) is 32.6 Å². The minimum Gasteiger partial charge on any atom is -0.507 e. The molecule has 0 radical (unpaired) electrons. The molecule has 0 aliphatic rings. The Morgan fingerprint density at radius 3 is 2.65 bits per heavy atom. The molecular weight excluding hydrogens is 314 g/mol. The lowest BCUT2D eigenvalue weighted by Gasteiger charge is -2.02. The van der Waals surface area contributed by atoms with E-state index in [1.807, 2.05) is 36.4 Å². The zero-order valence-corrected chi connectivity index (χ0v) is 12.2. The molecule has 1 N–H and O–H groups in total. The van der Waals surface area contributed by atoms with Crippen molar-refractivity contribution in [2.45, 2.75) is 0 Å². The van der Waals surface area contributed by atoms with Gasteiger partial charge in [-0.2, -0.15) is 0 Å². The number of nitrogens with zero attached hydrogens (tertiary/aromatic N) is 1. The number of fused-ring (bicyclic) bond motifs is 1. The maximum atomic E-state index is 9.81. The van der Waals surface area contributed by atoms with Gasteiger partial charge in [-0.05, 0) is 29.7 Å². The second-order valence-corrected chi connectivity index (χ2v) is 5.38. The van der Waals surface area contributed by atoms with Crippen molar-refractivity contribution in [3.8, 4) is 5.75 Å². The smallest absolute Gasteiger partial charge is 0.124 e. The number of phenols is 1. The van der Waals surface area contributed by atoms with Crippen LogP contribution >= 0.6 is 15.9 Å². The standard InChI is InChI=1S/C17H12BrNO/c18-14-8-9-17(20)13(10-14)11-19-16-7-3-5-12-4-1-2-6-15(12)16/h1-11,20H. The number of rotatable bonds is 2. The van der Waals surface area contributed by atoms with E-state index in [2.05, 4.69) is 33.1 Å². The van der Waals surface area contributed by atoms with Crippen LogP contribution in [-0.4, -0.2) is 11.3 Å². The van der Waals surface area contributed by atoms with E-state index in [0.29, 0.717) is 5.56 Å². The number of aliphatic imine (C=N–C) groups is 1. The van der Waals surface area contributed by atoms with Gasteiger partial charge in [0.15, 0.2) is 0 Å². The first kappa shape index (κ1) is 12.9. The van der Waals surface area contributed by atoms with Crippen molar-refractivity contribution in [3.05, 3.63) is 70.7 Å². The van der Waals surface area contributed by atoms with E-state index >= 15 is 0 Å². The molecule has 0 atom stereocenters. The number of benzene rings is 3. The molecule has 0 amide bonds. The van der Waals surface area contributed by atoms with Gasteiger partial charge in [-0.25, -0.2) is 0 Å². The monoisotopic (exact) mass is 325 g/mol. The van der Waals surface area contributed by atoms with Gasteiger partial charge in [-0.3, -0.25) is 4.99 Å². The van der Waals surface area contributed by atoms with Crippen LogP contribution in [0.4, 0.5) is 5.69 Å². The van der Waals surface area contributed by atoms with Gasteiger partial charge in [0.1, 0.15) is 5.75 Å². The van der Waals surface area contributed by atoms with Crippen LogP contribution in [0.15, 0.2) is 70.1 Å². The Balaban J connectivity index is 2.05. The van der Waals surface area contributed by atoms with Crippen LogP contribution < -0.4 is 0 Å². The van der Waals surface area contributed by atoms with Gasteiger partial charge in [0, 0.05) is 21.6 Å². The Morgan fingerprint density at radius 2 is 1.75 bits per heavy atom. The molecule has 3 rings (SSSR count). The fourth-order valence-corrected chi connectivity index (χ4v) is 2.47. The Hall–Kier alpha value is -2.13. The molecular formula is C17H12BrNO. The van der Waals surface area contributed by atoms with E-state index in [9.17, 15) is 5.11 Å². The van der Waals surface area contributed by atoms with E-state index in [1.165, 1.54) is 0 Å². The fourth-order valence-electron chi connectivity index (χ4n) is 2.09. The summed E-state index contributed by atoms with van der Waals surface area (Å²) in [6.07, 6.45) is 1.68. The summed E-state index contributed by atoms with van der Waals surface area (Å²) in [7, 11) is 0. The maximum absolute atomic E-state index is 9.81. The molecule has 0 aliphatic heterocycles. The SMILES string of the molecule is Oc1ccc(Br)cc1C=Nc1cccc2ccccc12. The number of aromatic hydroxyl groups is 1. The zero-order valence-electron chi connectivity index (χ0n) is 10.6. The van der Waals surface area contributed by atoms with Crippen molar-refractivity contribution in [2.75, 3.05) is 0 Å². The summed E-state index contributed by atoms with van der Waals surface area (Å²) in [5.74, 6) is 0.220. The number of hydrogen-bond acceptors (Lipinski definition) is 2. The highest BCUT2D eigenvalue weighted by Gasteiger charge is 2.00. The van der Waals surface area contributed by atoms with E-state index in [1.54, 1.807) is 18.3 Å². The highest BCUT2D eigenvalue weighted by Crippen LogP contribution is 2.26. The molecule has 0 saturated carbocycles. The summed E-state index contributed by atoms with van der Waals surface area (Å²) < 4.78 is 0.912. The second kappa shape index (κ2) is 5.47. The molecule has 0 aliphatic carbocycles. The number of phenolic OH excluding ortho intramolecular Hbond substituents is 1. The molecule has 3 aromatic carbocycles. The minimum atomic E-state index is 0.220. The molecule has 0 aromatic heterocycles. The van der Waals surface area contributed by atoms with Crippen molar-refractivity contribution in [1.82, 2.24) is 0 Å². The summed E-state index contributed by atoms with van der Waals surface area (Å²) in [5.41, 5.74) is 1.58. The molecule has 0 heterocycles. The zero-order chi connectivity index (χ0) is 13.9. The van der Waals surface area contributed by atoms with Gasteiger partial charge in [-0.1, -0.05) is 52.3 Å². The van der Waals surface area contributed by atoms with Crippen LogP contribution in [0.25, 0.3) is 10.8 Å². The van der Waals surface area contributed by atoms with Crippen LogP contribution in [0, 0.1) is 0 Å². The Labute approximate surface area is 125 Å². The predicted molar refractivity (Wildman–Crippen MR) is 87.0 cm³/mol. The Morgan fingerprint density at radius 1 is 0.950 bits per heavy atom. The van der Waals surface area contributed by atoms with Crippen molar-refractivity contribution < 1.29 is 5.11 Å². The normalized spacial score (nSPS) is 11.2. The lowest BCUT2D eigenvalue weighted by atomic mass is 10.1. The molecule has 2 nitrogen and oxygen atoms in total. The molecule has 3 aromatic rings. The maximum Gasteiger partial charge on any atom is 0.124 e. The third-order valence-electron chi connectivity index (χ3n) is 3.10. The first-order valence-corrected chi connectivity index (χ1v) is 7.04. The van der Waals surface area contributed by atoms with Crippen molar-refractivity contribution in [3.63, 3.8) is 0 Å². The van der Waals surface area contributed by atoms with Crippen LogP contribution in [0.5, 0.6) is 5.75 Å². The van der Waals surface area contributed by atoms with Crippen LogP contribution in [0.2, 0.25) is 0 Å². The van der Waals surface area contributed by atoms with Crippen LogP contribution in [-0.2, 0) is 0 Å². The van der Waals surface area contributed by atoms with Crippen molar-refractivity contribution >= 4 is 38.6 Å². The largest absolute Gasteiger partial charge is 0.507 e. The highest BCUT2D eigenvalue weighted by atomic mass is 79.9. The predicted octanol–water partition coefficient (Wildman–Crippen LogP) is 5.06. The Kier molecular flexibility index (Phi) is 3.52. The summed E-state index contributed by atoms with van der Waals surface area (Å²) in [4.78, 5) is 4.50. The van der Waals surface area contributed by atoms with Gasteiger partial charge in [-0.15, -0.1) is 0 Å². The molecule has 0 spiro atoms. The summed E-state index contributed by atoms with van der Waals surface area (Å²) in [6.45, 7) is 0. The summed E-state index contributed by atoms with van der Waals surface area (Å²) in [6, 6.07) is 19.4. The minimum absolute atomic E-state index is 0.220. The molecule has 0 bridgehead atoms. The van der Waals surface area contributed by atoms with Crippen LogP contribution in [0.3, 0.4) is 0 Å². The Bertz CT molecular complexity index is 791. The first-order valence-electron chi connectivity index (χ1n) is 6.24. The molecule has 0 fully saturated rings. The molecule has 20 heavy (non-hydrogen) atoms. The summed E-state index contributed by atoms with van der Waals surface area (Å²) in [5, 5.41) is 12.1. The molecule has 98 valence electrons. The number of hydrogen-bond donors (Lipinski definition) is 1. The fraction of sp³-hybridized carbons (Fsp3) is 0. The van der Waals surface area contributed by atoms with Gasteiger partial charge >= 0.3 is 0 Å². The van der Waals surface area contributed by atoms with E-state index < -0.39 is 0 Å². The van der Waals surface area contributed by atoms with Gasteiger partial charge in [0.05, 0.1) is 5.69 Å². The molecule has 0 unspecified atom stereocenters. The summed E-state index contributed by atoms with van der Waals surface area (Å²) >= 11 is 3.39. The van der Waals surface area contributed by atoms with E-state index in [0.717, 1.165) is 20.9 Å². The quantitative estimate of drug-likeness (QED) is 0.656. The van der Waals surface area contributed by atoms with Gasteiger partial charge < -0.3 is 5.11 Å². The molecule has 0 saturated heterocycles. The lowest BCUT2D eigenvalue weighted by Crippen LogP contribution is -1.82. The van der Waals surface area contributed by atoms with E-state index in [4.69, 9.17) is 0 Å². The third kappa shape index (κ3) is 2.58. The second-order valence-electron chi connectivity index (χ2n) is 4.46.